The fraction of sp³-hybridized carbons (Fsp3) is 0.263. The molecule has 7 heteroatoms. The van der Waals surface area contributed by atoms with E-state index in [2.05, 4.69) is 5.32 Å². The molecule has 0 atom stereocenters. The molecule has 0 heterocycles. The standard InChI is InChI=1S/C19H22ClN3O3/c1-13-3-8-17(16(20)11-13)22-19(25)12-23(10-9-18(21)24)14-4-6-15(26-2)7-5-14/h3-8,11H,9-10,12H2,1-2H3,(H2,21,24)(H,22,25). The maximum atomic E-state index is 12.4. The summed E-state index contributed by atoms with van der Waals surface area (Å²) in [6, 6.07) is 12.7. The van der Waals surface area contributed by atoms with Crippen molar-refractivity contribution in [1.29, 1.82) is 0 Å². The minimum absolute atomic E-state index is 0.0593. The molecule has 2 aromatic rings. The van der Waals surface area contributed by atoms with Crippen LogP contribution in [0.1, 0.15) is 12.0 Å². The van der Waals surface area contributed by atoms with Crippen LogP contribution in [0.15, 0.2) is 42.5 Å². The zero-order valence-corrected chi connectivity index (χ0v) is 15.5. The van der Waals surface area contributed by atoms with Crippen LogP contribution in [0.5, 0.6) is 5.75 Å². The second-order valence-corrected chi connectivity index (χ2v) is 6.27. The number of halogens is 1. The molecular formula is C19H22ClN3O3. The van der Waals surface area contributed by atoms with Gasteiger partial charge in [0.2, 0.25) is 11.8 Å². The van der Waals surface area contributed by atoms with Gasteiger partial charge in [-0.15, -0.1) is 0 Å². The predicted molar refractivity (Wildman–Crippen MR) is 104 cm³/mol. The predicted octanol–water partition coefficient (Wildman–Crippen LogP) is 2.98. The number of ether oxygens (including phenoxy) is 1. The highest BCUT2D eigenvalue weighted by molar-refractivity contribution is 6.33. The van der Waals surface area contributed by atoms with Crippen LogP contribution in [0.25, 0.3) is 0 Å². The average molecular weight is 376 g/mol. The van der Waals surface area contributed by atoms with Gasteiger partial charge in [0.15, 0.2) is 0 Å². The molecule has 0 fully saturated rings. The number of rotatable bonds is 8. The van der Waals surface area contributed by atoms with Gasteiger partial charge in [-0.2, -0.15) is 0 Å². The van der Waals surface area contributed by atoms with Crippen LogP contribution in [0.4, 0.5) is 11.4 Å². The maximum absolute atomic E-state index is 12.4. The largest absolute Gasteiger partial charge is 0.497 e. The topological polar surface area (TPSA) is 84.7 Å². The van der Waals surface area contributed by atoms with Crippen molar-refractivity contribution in [2.45, 2.75) is 13.3 Å². The maximum Gasteiger partial charge on any atom is 0.243 e. The highest BCUT2D eigenvalue weighted by Crippen LogP contribution is 2.23. The fourth-order valence-corrected chi connectivity index (χ4v) is 2.70. The molecule has 0 aliphatic carbocycles. The van der Waals surface area contributed by atoms with Gasteiger partial charge in [-0.1, -0.05) is 17.7 Å². The van der Waals surface area contributed by atoms with Gasteiger partial charge in [-0.05, 0) is 48.9 Å². The van der Waals surface area contributed by atoms with Gasteiger partial charge in [-0.3, -0.25) is 9.59 Å². The highest BCUT2D eigenvalue weighted by atomic mass is 35.5. The molecule has 0 saturated carbocycles. The third-order valence-electron chi connectivity index (χ3n) is 3.80. The van der Waals surface area contributed by atoms with Gasteiger partial charge in [0.1, 0.15) is 5.75 Å². The number of carbonyl (C=O) groups is 2. The lowest BCUT2D eigenvalue weighted by Gasteiger charge is -2.24. The van der Waals surface area contributed by atoms with E-state index in [1.165, 1.54) is 0 Å². The number of primary amides is 1. The Bertz CT molecular complexity index is 778. The molecule has 0 bridgehead atoms. The Balaban J connectivity index is 2.11. The summed E-state index contributed by atoms with van der Waals surface area (Å²) in [5.41, 5.74) is 7.59. The molecular weight excluding hydrogens is 354 g/mol. The second kappa shape index (κ2) is 9.10. The molecule has 0 aliphatic rings. The molecule has 0 unspecified atom stereocenters. The van der Waals surface area contributed by atoms with E-state index in [0.29, 0.717) is 23.0 Å². The highest BCUT2D eigenvalue weighted by Gasteiger charge is 2.14. The number of nitrogens with two attached hydrogens (primary N) is 1. The van der Waals surface area contributed by atoms with Crippen molar-refractivity contribution in [2.24, 2.45) is 5.73 Å². The van der Waals surface area contributed by atoms with Crippen LogP contribution in [-0.4, -0.2) is 32.0 Å². The molecule has 0 aromatic heterocycles. The molecule has 0 spiro atoms. The second-order valence-electron chi connectivity index (χ2n) is 5.87. The number of anilines is 2. The van der Waals surface area contributed by atoms with Crippen LogP contribution in [0, 0.1) is 6.92 Å². The molecule has 138 valence electrons. The smallest absolute Gasteiger partial charge is 0.243 e. The third kappa shape index (κ3) is 5.67. The zero-order valence-electron chi connectivity index (χ0n) is 14.8. The van der Waals surface area contributed by atoms with Crippen molar-refractivity contribution >= 4 is 34.8 Å². The average Bonchev–Trinajstić information content (AvgIpc) is 2.61. The van der Waals surface area contributed by atoms with Crippen LogP contribution in [0.3, 0.4) is 0 Å². The fourth-order valence-electron chi connectivity index (χ4n) is 2.42. The number of hydrogen-bond acceptors (Lipinski definition) is 4. The van der Waals surface area contributed by atoms with E-state index in [1.807, 2.05) is 25.1 Å². The number of benzene rings is 2. The summed E-state index contributed by atoms with van der Waals surface area (Å²) in [4.78, 5) is 25.4. The van der Waals surface area contributed by atoms with E-state index >= 15 is 0 Å². The lowest BCUT2D eigenvalue weighted by Crippen LogP contribution is -2.35. The van der Waals surface area contributed by atoms with Crippen molar-refractivity contribution < 1.29 is 14.3 Å². The van der Waals surface area contributed by atoms with E-state index in [4.69, 9.17) is 22.1 Å². The zero-order chi connectivity index (χ0) is 19.1. The van der Waals surface area contributed by atoms with E-state index in [0.717, 1.165) is 11.3 Å². The number of hydrogen-bond donors (Lipinski definition) is 2. The van der Waals surface area contributed by atoms with Gasteiger partial charge >= 0.3 is 0 Å². The van der Waals surface area contributed by atoms with Crippen LogP contribution in [0.2, 0.25) is 5.02 Å². The first-order valence-electron chi connectivity index (χ1n) is 8.12. The SMILES string of the molecule is COc1ccc(N(CCC(N)=O)CC(=O)Nc2ccc(C)cc2Cl)cc1. The Morgan fingerprint density at radius 3 is 2.46 bits per heavy atom. The number of methoxy groups -OCH3 is 1. The Morgan fingerprint density at radius 2 is 1.88 bits per heavy atom. The first-order valence-corrected chi connectivity index (χ1v) is 8.50. The van der Waals surface area contributed by atoms with Crippen LogP contribution < -0.4 is 20.7 Å². The molecule has 0 saturated heterocycles. The molecule has 2 amide bonds. The number of nitrogens with one attached hydrogen (secondary N) is 1. The molecule has 3 N–H and O–H groups in total. The van der Waals surface area contributed by atoms with Crippen molar-refractivity contribution in [3.05, 3.63) is 53.1 Å². The molecule has 2 aromatic carbocycles. The normalized spacial score (nSPS) is 10.3. The quantitative estimate of drug-likeness (QED) is 0.742. The van der Waals surface area contributed by atoms with Crippen LogP contribution in [-0.2, 0) is 9.59 Å². The van der Waals surface area contributed by atoms with Gasteiger partial charge in [0.05, 0.1) is 24.4 Å². The van der Waals surface area contributed by atoms with Gasteiger partial charge in [0, 0.05) is 18.7 Å². The van der Waals surface area contributed by atoms with Crippen molar-refractivity contribution in [3.63, 3.8) is 0 Å². The minimum Gasteiger partial charge on any atom is -0.497 e. The van der Waals surface area contributed by atoms with Crippen LogP contribution >= 0.6 is 11.6 Å². The number of amides is 2. The summed E-state index contributed by atoms with van der Waals surface area (Å²) in [7, 11) is 1.58. The summed E-state index contributed by atoms with van der Waals surface area (Å²) >= 11 is 6.16. The van der Waals surface area contributed by atoms with Crippen molar-refractivity contribution in [3.8, 4) is 5.75 Å². The Labute approximate surface area is 157 Å². The summed E-state index contributed by atoms with van der Waals surface area (Å²) in [6.07, 6.45) is 0.143. The Hall–Kier alpha value is -2.73. The van der Waals surface area contributed by atoms with Crippen molar-refractivity contribution in [2.75, 3.05) is 30.4 Å². The molecule has 0 aliphatic heterocycles. The molecule has 0 radical (unpaired) electrons. The van der Waals surface area contributed by atoms with Gasteiger partial charge in [0.25, 0.3) is 0 Å². The Kier molecular flexibility index (Phi) is 6.86. The lowest BCUT2D eigenvalue weighted by atomic mass is 10.2. The third-order valence-corrected chi connectivity index (χ3v) is 4.11. The number of aryl methyl sites for hydroxylation is 1. The summed E-state index contributed by atoms with van der Waals surface area (Å²) in [5.74, 6) is 0.0426. The minimum atomic E-state index is -0.425. The molecule has 6 nitrogen and oxygen atoms in total. The number of carbonyl (C=O) groups excluding carboxylic acids is 2. The summed E-state index contributed by atoms with van der Waals surface area (Å²) in [6.45, 7) is 2.31. The van der Waals surface area contributed by atoms with Gasteiger partial charge in [-0.25, -0.2) is 0 Å². The number of nitrogens with zero attached hydrogens (tertiary/aromatic N) is 1. The van der Waals surface area contributed by atoms with Gasteiger partial charge < -0.3 is 20.7 Å². The summed E-state index contributed by atoms with van der Waals surface area (Å²) in [5, 5.41) is 3.27. The summed E-state index contributed by atoms with van der Waals surface area (Å²) < 4.78 is 5.14. The van der Waals surface area contributed by atoms with E-state index in [1.54, 1.807) is 36.3 Å². The lowest BCUT2D eigenvalue weighted by molar-refractivity contribution is -0.118. The van der Waals surface area contributed by atoms with E-state index in [9.17, 15) is 9.59 Å². The van der Waals surface area contributed by atoms with E-state index < -0.39 is 5.91 Å². The first kappa shape index (κ1) is 19.6. The first-order chi connectivity index (χ1) is 12.4. The van der Waals surface area contributed by atoms with E-state index in [-0.39, 0.29) is 18.9 Å². The molecule has 2 rings (SSSR count). The Morgan fingerprint density at radius 1 is 1.19 bits per heavy atom. The monoisotopic (exact) mass is 375 g/mol. The molecule has 26 heavy (non-hydrogen) atoms. The van der Waals surface area contributed by atoms with Crippen molar-refractivity contribution in [1.82, 2.24) is 0 Å².